The van der Waals surface area contributed by atoms with E-state index in [2.05, 4.69) is 44.3 Å². The van der Waals surface area contributed by atoms with Gasteiger partial charge in [0.1, 0.15) is 5.75 Å². The van der Waals surface area contributed by atoms with Gasteiger partial charge in [-0.3, -0.25) is 0 Å². The molecule has 2 N–H and O–H groups in total. The van der Waals surface area contributed by atoms with Crippen LogP contribution in [0.3, 0.4) is 0 Å². The molecular weight excluding hydrogens is 262 g/mol. The van der Waals surface area contributed by atoms with Crippen LogP contribution in [0.4, 0.5) is 0 Å². The molecule has 0 saturated heterocycles. The molecule has 0 aromatic heterocycles. The molecule has 3 nitrogen and oxygen atoms in total. The summed E-state index contributed by atoms with van der Waals surface area (Å²) in [5, 5.41) is 12.2. The molecule has 3 heteroatoms. The van der Waals surface area contributed by atoms with Crippen molar-refractivity contribution in [2.45, 2.75) is 58.9 Å². The molecule has 1 atom stereocenters. The van der Waals surface area contributed by atoms with E-state index in [9.17, 15) is 0 Å². The van der Waals surface area contributed by atoms with Gasteiger partial charge in [-0.15, -0.1) is 0 Å². The number of nitrogens with one attached hydrogen (secondary N) is 1. The number of aliphatic hydroxyl groups is 1. The molecule has 0 aliphatic rings. The van der Waals surface area contributed by atoms with Crippen molar-refractivity contribution < 1.29 is 9.84 Å². The van der Waals surface area contributed by atoms with Gasteiger partial charge in [0.25, 0.3) is 0 Å². The van der Waals surface area contributed by atoms with Crippen LogP contribution in [0, 0.1) is 6.92 Å². The van der Waals surface area contributed by atoms with E-state index < -0.39 is 0 Å². The highest BCUT2D eigenvalue weighted by Crippen LogP contribution is 2.23. The minimum absolute atomic E-state index is 0.297. The summed E-state index contributed by atoms with van der Waals surface area (Å²) in [5.41, 5.74) is 2.52. The molecule has 1 rings (SSSR count). The van der Waals surface area contributed by atoms with Crippen molar-refractivity contribution >= 4 is 0 Å². The van der Waals surface area contributed by atoms with Crippen LogP contribution in [-0.2, 0) is 0 Å². The lowest BCUT2D eigenvalue weighted by molar-refractivity contribution is 0.273. The minimum atomic E-state index is 0.297. The van der Waals surface area contributed by atoms with E-state index >= 15 is 0 Å². The van der Waals surface area contributed by atoms with Crippen molar-refractivity contribution in [1.29, 1.82) is 0 Å². The summed E-state index contributed by atoms with van der Waals surface area (Å²) in [5.74, 6) is 0.989. The fraction of sp³-hybridized carbons (Fsp3) is 0.667. The van der Waals surface area contributed by atoms with Crippen molar-refractivity contribution in [3.8, 4) is 5.75 Å². The summed E-state index contributed by atoms with van der Waals surface area (Å²) in [7, 11) is 0. The van der Waals surface area contributed by atoms with Gasteiger partial charge in [0, 0.05) is 12.6 Å². The third-order valence-corrected chi connectivity index (χ3v) is 3.71. The molecule has 21 heavy (non-hydrogen) atoms. The summed E-state index contributed by atoms with van der Waals surface area (Å²) in [4.78, 5) is 0. The van der Waals surface area contributed by atoms with Crippen LogP contribution in [0.2, 0.25) is 0 Å². The SMILES string of the molecule is CCCNC(C)c1ccc(OCCCCCCO)c(C)c1. The molecule has 0 spiro atoms. The van der Waals surface area contributed by atoms with Crippen molar-refractivity contribution in [2.24, 2.45) is 0 Å². The third-order valence-electron chi connectivity index (χ3n) is 3.71. The summed E-state index contributed by atoms with van der Waals surface area (Å²) in [6, 6.07) is 6.84. The summed E-state index contributed by atoms with van der Waals surface area (Å²) < 4.78 is 5.85. The first kappa shape index (κ1) is 18.0. The number of ether oxygens (including phenoxy) is 1. The van der Waals surface area contributed by atoms with Gasteiger partial charge < -0.3 is 15.2 Å². The molecule has 0 amide bonds. The number of rotatable bonds is 11. The van der Waals surface area contributed by atoms with Crippen LogP contribution in [0.15, 0.2) is 18.2 Å². The predicted molar refractivity (Wildman–Crippen MR) is 88.9 cm³/mol. The van der Waals surface area contributed by atoms with Crippen LogP contribution >= 0.6 is 0 Å². The molecule has 1 aromatic carbocycles. The zero-order valence-corrected chi connectivity index (χ0v) is 13.8. The Morgan fingerprint density at radius 3 is 2.62 bits per heavy atom. The van der Waals surface area contributed by atoms with E-state index in [0.717, 1.165) is 51.0 Å². The number of hydrogen-bond acceptors (Lipinski definition) is 3. The second-order valence-electron chi connectivity index (χ2n) is 5.69. The summed E-state index contributed by atoms with van der Waals surface area (Å²) >= 11 is 0. The summed E-state index contributed by atoms with van der Waals surface area (Å²) in [6.07, 6.45) is 5.31. The lowest BCUT2D eigenvalue weighted by Crippen LogP contribution is -2.19. The Morgan fingerprint density at radius 1 is 1.19 bits per heavy atom. The molecule has 0 aliphatic heterocycles. The quantitative estimate of drug-likeness (QED) is 0.606. The highest BCUT2D eigenvalue weighted by Gasteiger charge is 2.07. The lowest BCUT2D eigenvalue weighted by Gasteiger charge is -2.16. The lowest BCUT2D eigenvalue weighted by atomic mass is 10.0. The van der Waals surface area contributed by atoms with E-state index in [1.54, 1.807) is 0 Å². The number of aryl methyl sites for hydroxylation is 1. The smallest absolute Gasteiger partial charge is 0.122 e. The first-order chi connectivity index (χ1) is 10.2. The molecular formula is C18H31NO2. The molecule has 120 valence electrons. The van der Waals surface area contributed by atoms with Crippen LogP contribution in [-0.4, -0.2) is 24.9 Å². The minimum Gasteiger partial charge on any atom is -0.493 e. The van der Waals surface area contributed by atoms with Gasteiger partial charge in [0.15, 0.2) is 0 Å². The first-order valence-electron chi connectivity index (χ1n) is 8.26. The Labute approximate surface area is 129 Å². The van der Waals surface area contributed by atoms with Gasteiger partial charge in [-0.2, -0.15) is 0 Å². The van der Waals surface area contributed by atoms with Crippen molar-refractivity contribution in [2.75, 3.05) is 19.8 Å². The van der Waals surface area contributed by atoms with Gasteiger partial charge in [-0.25, -0.2) is 0 Å². The molecule has 0 bridgehead atoms. The van der Waals surface area contributed by atoms with E-state index in [0.29, 0.717) is 12.6 Å². The second-order valence-corrected chi connectivity index (χ2v) is 5.69. The van der Waals surface area contributed by atoms with E-state index in [1.807, 2.05) is 0 Å². The summed E-state index contributed by atoms with van der Waals surface area (Å²) in [6.45, 7) is 8.60. The number of aliphatic hydroxyl groups excluding tert-OH is 1. The maximum atomic E-state index is 8.73. The standard InChI is InChI=1S/C18H31NO2/c1-4-11-19-16(3)17-9-10-18(15(2)14-17)21-13-8-6-5-7-12-20/h9-10,14,16,19-20H,4-8,11-13H2,1-3H3. The number of unbranched alkanes of at least 4 members (excludes halogenated alkanes) is 3. The zero-order valence-electron chi connectivity index (χ0n) is 13.8. The fourth-order valence-electron chi connectivity index (χ4n) is 2.33. The third kappa shape index (κ3) is 6.96. The maximum absolute atomic E-state index is 8.73. The van der Waals surface area contributed by atoms with Crippen LogP contribution in [0.5, 0.6) is 5.75 Å². The Hall–Kier alpha value is -1.06. The molecule has 0 fully saturated rings. The Bertz CT molecular complexity index is 393. The Balaban J connectivity index is 2.39. The highest BCUT2D eigenvalue weighted by atomic mass is 16.5. The Morgan fingerprint density at radius 2 is 1.95 bits per heavy atom. The maximum Gasteiger partial charge on any atom is 0.122 e. The fourth-order valence-corrected chi connectivity index (χ4v) is 2.33. The van der Waals surface area contributed by atoms with E-state index in [4.69, 9.17) is 9.84 Å². The average Bonchev–Trinajstić information content (AvgIpc) is 2.49. The van der Waals surface area contributed by atoms with Gasteiger partial charge in [0.05, 0.1) is 6.61 Å². The molecule has 0 radical (unpaired) electrons. The number of benzene rings is 1. The normalized spacial score (nSPS) is 12.4. The van der Waals surface area contributed by atoms with Crippen molar-refractivity contribution in [3.05, 3.63) is 29.3 Å². The van der Waals surface area contributed by atoms with Crippen LogP contribution < -0.4 is 10.1 Å². The number of hydrogen-bond donors (Lipinski definition) is 2. The predicted octanol–water partition coefficient (Wildman–Crippen LogP) is 3.99. The Kier molecular flexibility index (Phi) is 9.11. The van der Waals surface area contributed by atoms with E-state index in [1.165, 1.54) is 11.1 Å². The molecule has 0 saturated carbocycles. The zero-order chi connectivity index (χ0) is 15.5. The van der Waals surface area contributed by atoms with Crippen molar-refractivity contribution in [1.82, 2.24) is 5.32 Å². The van der Waals surface area contributed by atoms with Gasteiger partial charge in [-0.05, 0) is 63.3 Å². The highest BCUT2D eigenvalue weighted by molar-refractivity contribution is 5.37. The second kappa shape index (κ2) is 10.6. The molecule has 0 heterocycles. The van der Waals surface area contributed by atoms with Crippen LogP contribution in [0.1, 0.15) is 63.1 Å². The molecule has 1 aromatic rings. The van der Waals surface area contributed by atoms with E-state index in [-0.39, 0.29) is 0 Å². The van der Waals surface area contributed by atoms with Gasteiger partial charge in [-0.1, -0.05) is 25.5 Å². The topological polar surface area (TPSA) is 41.5 Å². The van der Waals surface area contributed by atoms with Gasteiger partial charge >= 0.3 is 0 Å². The first-order valence-corrected chi connectivity index (χ1v) is 8.26. The van der Waals surface area contributed by atoms with Crippen molar-refractivity contribution in [3.63, 3.8) is 0 Å². The van der Waals surface area contributed by atoms with Crippen LogP contribution in [0.25, 0.3) is 0 Å². The average molecular weight is 293 g/mol. The molecule has 1 unspecified atom stereocenters. The molecule has 0 aliphatic carbocycles. The largest absolute Gasteiger partial charge is 0.493 e. The monoisotopic (exact) mass is 293 g/mol. The van der Waals surface area contributed by atoms with Gasteiger partial charge in [0.2, 0.25) is 0 Å².